The van der Waals surface area contributed by atoms with Crippen LogP contribution in [0.15, 0.2) is 54.6 Å². The second kappa shape index (κ2) is 7.57. The van der Waals surface area contributed by atoms with Crippen LogP contribution in [0.2, 0.25) is 0 Å². The maximum atomic E-state index is 12.7. The molecular formula is C17H19NO3. The Balaban J connectivity index is 2.24. The summed E-state index contributed by atoms with van der Waals surface area (Å²) in [6.45, 7) is 0.348. The van der Waals surface area contributed by atoms with Crippen LogP contribution in [0.1, 0.15) is 22.0 Å². The van der Waals surface area contributed by atoms with E-state index in [2.05, 4.69) is 5.32 Å². The van der Waals surface area contributed by atoms with Crippen LogP contribution in [0.5, 0.6) is 5.75 Å². The Morgan fingerprint density at radius 3 is 2.38 bits per heavy atom. The first-order chi connectivity index (χ1) is 10.3. The van der Waals surface area contributed by atoms with Gasteiger partial charge >= 0.3 is 0 Å². The summed E-state index contributed by atoms with van der Waals surface area (Å²) >= 11 is 0. The molecule has 0 bridgehead atoms. The highest BCUT2D eigenvalue weighted by Crippen LogP contribution is 2.20. The summed E-state index contributed by atoms with van der Waals surface area (Å²) in [5.41, 5.74) is 1.49. The summed E-state index contributed by atoms with van der Waals surface area (Å²) in [5.74, 6) is 0.684. The molecule has 0 aromatic heterocycles. The highest BCUT2D eigenvalue weighted by atomic mass is 16.5. The van der Waals surface area contributed by atoms with Crippen LogP contribution in [-0.4, -0.2) is 31.2 Å². The van der Waals surface area contributed by atoms with Gasteiger partial charge in [0, 0.05) is 12.1 Å². The van der Waals surface area contributed by atoms with Crippen molar-refractivity contribution in [1.29, 1.82) is 0 Å². The van der Waals surface area contributed by atoms with Gasteiger partial charge < -0.3 is 15.2 Å². The summed E-state index contributed by atoms with van der Waals surface area (Å²) < 4.78 is 5.10. The van der Waals surface area contributed by atoms with E-state index in [1.807, 2.05) is 30.3 Å². The van der Waals surface area contributed by atoms with Gasteiger partial charge in [0.1, 0.15) is 5.75 Å². The molecule has 4 heteroatoms. The SMILES string of the molecule is COc1ccc(C(=O)[C@@H](NCCO)c2ccccc2)cc1. The number of aliphatic hydroxyl groups is 1. The van der Waals surface area contributed by atoms with Gasteiger partial charge in [-0.1, -0.05) is 30.3 Å². The van der Waals surface area contributed by atoms with Crippen LogP contribution < -0.4 is 10.1 Å². The van der Waals surface area contributed by atoms with Gasteiger partial charge in [0.15, 0.2) is 5.78 Å². The van der Waals surface area contributed by atoms with Gasteiger partial charge in [-0.05, 0) is 29.8 Å². The minimum Gasteiger partial charge on any atom is -0.497 e. The highest BCUT2D eigenvalue weighted by Gasteiger charge is 2.21. The fourth-order valence-corrected chi connectivity index (χ4v) is 2.14. The lowest BCUT2D eigenvalue weighted by atomic mass is 9.97. The third-order valence-electron chi connectivity index (χ3n) is 3.23. The molecule has 0 heterocycles. The summed E-state index contributed by atoms with van der Waals surface area (Å²) in [5, 5.41) is 12.1. The van der Waals surface area contributed by atoms with Crippen molar-refractivity contribution in [2.75, 3.05) is 20.3 Å². The number of benzene rings is 2. The summed E-state index contributed by atoms with van der Waals surface area (Å²) in [6, 6.07) is 16.1. The Morgan fingerprint density at radius 2 is 1.81 bits per heavy atom. The number of ether oxygens (including phenoxy) is 1. The fraction of sp³-hybridized carbons (Fsp3) is 0.235. The normalized spacial score (nSPS) is 11.9. The standard InChI is InChI=1S/C17H19NO3/c1-21-15-9-7-14(8-10-15)17(20)16(18-11-12-19)13-5-3-2-4-6-13/h2-10,16,18-19H,11-12H2,1H3/t16-/m0/s1. The monoisotopic (exact) mass is 285 g/mol. The van der Waals surface area contributed by atoms with Crippen molar-refractivity contribution in [2.45, 2.75) is 6.04 Å². The zero-order valence-electron chi connectivity index (χ0n) is 12.0. The van der Waals surface area contributed by atoms with Gasteiger partial charge in [-0.3, -0.25) is 4.79 Å². The molecule has 0 saturated heterocycles. The van der Waals surface area contributed by atoms with Crippen LogP contribution in [0.4, 0.5) is 0 Å². The zero-order valence-corrected chi connectivity index (χ0v) is 12.0. The second-order valence-electron chi connectivity index (χ2n) is 4.61. The van der Waals surface area contributed by atoms with Gasteiger partial charge in [-0.15, -0.1) is 0 Å². The van der Waals surface area contributed by atoms with Crippen LogP contribution in [0, 0.1) is 0 Å². The molecule has 0 aliphatic rings. The van der Waals surface area contributed by atoms with Gasteiger partial charge in [0.05, 0.1) is 19.8 Å². The van der Waals surface area contributed by atoms with Gasteiger partial charge in [0.2, 0.25) is 0 Å². The molecule has 0 radical (unpaired) electrons. The van der Waals surface area contributed by atoms with E-state index in [0.29, 0.717) is 17.9 Å². The fourth-order valence-electron chi connectivity index (χ4n) is 2.14. The third kappa shape index (κ3) is 3.90. The Morgan fingerprint density at radius 1 is 1.14 bits per heavy atom. The first kappa shape index (κ1) is 15.2. The average Bonchev–Trinajstić information content (AvgIpc) is 2.56. The van der Waals surface area contributed by atoms with Crippen LogP contribution in [-0.2, 0) is 0 Å². The van der Waals surface area contributed by atoms with Crippen LogP contribution in [0.3, 0.4) is 0 Å². The molecule has 2 aromatic rings. The Kier molecular flexibility index (Phi) is 5.49. The first-order valence-corrected chi connectivity index (χ1v) is 6.83. The molecule has 0 spiro atoms. The van der Waals surface area contributed by atoms with Crippen molar-refractivity contribution in [3.8, 4) is 5.75 Å². The van der Waals surface area contributed by atoms with Gasteiger partial charge in [0.25, 0.3) is 0 Å². The number of Topliss-reactive ketones (excluding diaryl/α,β-unsaturated/α-hetero) is 1. The lowest BCUT2D eigenvalue weighted by molar-refractivity contribution is 0.0940. The molecular weight excluding hydrogens is 266 g/mol. The van der Waals surface area contributed by atoms with Crippen LogP contribution >= 0.6 is 0 Å². The average molecular weight is 285 g/mol. The minimum atomic E-state index is -0.466. The number of ketones is 1. The van der Waals surface area contributed by atoms with Crippen molar-refractivity contribution >= 4 is 5.78 Å². The minimum absolute atomic E-state index is 0.0147. The maximum Gasteiger partial charge on any atom is 0.184 e. The number of carbonyl (C=O) groups excluding carboxylic acids is 1. The predicted octanol–water partition coefficient (Wildman–Crippen LogP) is 2.20. The number of hydrogen-bond donors (Lipinski definition) is 2. The molecule has 110 valence electrons. The van der Waals surface area contributed by atoms with Crippen molar-refractivity contribution in [1.82, 2.24) is 5.32 Å². The highest BCUT2D eigenvalue weighted by molar-refractivity contribution is 6.00. The first-order valence-electron chi connectivity index (χ1n) is 6.83. The van der Waals surface area contributed by atoms with E-state index < -0.39 is 6.04 Å². The van der Waals surface area contributed by atoms with Crippen molar-refractivity contribution in [3.05, 3.63) is 65.7 Å². The molecule has 2 N–H and O–H groups in total. The number of hydrogen-bond acceptors (Lipinski definition) is 4. The largest absolute Gasteiger partial charge is 0.497 e. The third-order valence-corrected chi connectivity index (χ3v) is 3.23. The molecule has 2 rings (SSSR count). The van der Waals surface area contributed by atoms with Gasteiger partial charge in [-0.2, -0.15) is 0 Å². The molecule has 0 aliphatic heterocycles. The molecule has 0 aliphatic carbocycles. The molecule has 0 amide bonds. The number of rotatable bonds is 7. The van der Waals surface area contributed by atoms with Crippen molar-refractivity contribution in [2.24, 2.45) is 0 Å². The van der Waals surface area contributed by atoms with Gasteiger partial charge in [-0.25, -0.2) is 0 Å². The molecule has 1 atom stereocenters. The summed E-state index contributed by atoms with van der Waals surface area (Å²) in [4.78, 5) is 12.7. The number of methoxy groups -OCH3 is 1. The van der Waals surface area contributed by atoms with Crippen molar-refractivity contribution < 1.29 is 14.6 Å². The van der Waals surface area contributed by atoms with E-state index in [-0.39, 0.29) is 12.4 Å². The lowest BCUT2D eigenvalue weighted by Gasteiger charge is -2.18. The molecule has 0 saturated carbocycles. The van der Waals surface area contributed by atoms with E-state index in [1.54, 1.807) is 31.4 Å². The van der Waals surface area contributed by atoms with E-state index >= 15 is 0 Å². The summed E-state index contributed by atoms with van der Waals surface area (Å²) in [6.07, 6.45) is 0. The molecule has 0 fully saturated rings. The number of carbonyl (C=O) groups is 1. The lowest BCUT2D eigenvalue weighted by Crippen LogP contribution is -2.31. The molecule has 4 nitrogen and oxygen atoms in total. The number of aliphatic hydroxyl groups excluding tert-OH is 1. The molecule has 21 heavy (non-hydrogen) atoms. The maximum absolute atomic E-state index is 12.7. The quantitative estimate of drug-likeness (QED) is 0.766. The molecule has 2 aromatic carbocycles. The van der Waals surface area contributed by atoms with E-state index in [1.165, 1.54) is 0 Å². The van der Waals surface area contributed by atoms with E-state index in [4.69, 9.17) is 9.84 Å². The van der Waals surface area contributed by atoms with E-state index in [0.717, 1.165) is 5.56 Å². The van der Waals surface area contributed by atoms with Crippen molar-refractivity contribution in [3.63, 3.8) is 0 Å². The number of nitrogens with one attached hydrogen (secondary N) is 1. The smallest absolute Gasteiger partial charge is 0.184 e. The Bertz CT molecular complexity index is 566. The van der Waals surface area contributed by atoms with Crippen LogP contribution in [0.25, 0.3) is 0 Å². The van der Waals surface area contributed by atoms with E-state index in [9.17, 15) is 4.79 Å². The topological polar surface area (TPSA) is 58.6 Å². The molecule has 0 unspecified atom stereocenters. The Labute approximate surface area is 124 Å². The summed E-state index contributed by atoms with van der Waals surface area (Å²) in [7, 11) is 1.59. The second-order valence-corrected chi connectivity index (χ2v) is 4.61. The Hall–Kier alpha value is -2.17. The predicted molar refractivity (Wildman–Crippen MR) is 81.6 cm³/mol. The zero-order chi connectivity index (χ0) is 15.1.